The van der Waals surface area contributed by atoms with Crippen molar-refractivity contribution in [2.24, 2.45) is 10.9 Å². The van der Waals surface area contributed by atoms with Crippen molar-refractivity contribution in [1.82, 2.24) is 9.97 Å². The third kappa shape index (κ3) is 7.09. The molecule has 10 heteroatoms. The molecule has 0 bridgehead atoms. The maximum Gasteiger partial charge on any atom is 0.224 e. The van der Waals surface area contributed by atoms with E-state index in [1.807, 2.05) is 18.7 Å². The first kappa shape index (κ1) is 27.7. The molecule has 1 aliphatic carbocycles. The highest BCUT2D eigenvalue weighted by atomic mass is 19.1. The summed E-state index contributed by atoms with van der Waals surface area (Å²) in [5.41, 5.74) is -0.0121. The summed E-state index contributed by atoms with van der Waals surface area (Å²) in [7, 11) is 0. The fourth-order valence-corrected chi connectivity index (χ4v) is 4.77. The fourth-order valence-electron chi connectivity index (χ4n) is 4.77. The Morgan fingerprint density at radius 1 is 1.17 bits per heavy atom. The number of nitrogens with zero attached hydrogens (tertiary/aromatic N) is 4. The minimum Gasteiger partial charge on any atom is -0.393 e. The van der Waals surface area contributed by atoms with E-state index in [-0.39, 0.29) is 24.7 Å². The third-order valence-electron chi connectivity index (χ3n) is 6.95. The molecular weight excluding hydrogens is 469 g/mol. The number of aliphatic hydroxyl groups is 1. The van der Waals surface area contributed by atoms with Crippen LogP contribution < -0.4 is 15.5 Å². The molecule has 3 atom stereocenters. The van der Waals surface area contributed by atoms with Gasteiger partial charge in [0, 0.05) is 24.2 Å². The Morgan fingerprint density at radius 2 is 1.83 bits per heavy atom. The molecule has 0 spiro atoms. The van der Waals surface area contributed by atoms with Crippen LogP contribution in [0.5, 0.6) is 0 Å². The monoisotopic (exact) mass is 506 g/mol. The highest BCUT2D eigenvalue weighted by Gasteiger charge is 2.26. The summed E-state index contributed by atoms with van der Waals surface area (Å²) in [6, 6.07) is 1.34. The van der Waals surface area contributed by atoms with Crippen molar-refractivity contribution in [2.45, 2.75) is 83.9 Å². The van der Waals surface area contributed by atoms with Crippen LogP contribution in [0.15, 0.2) is 23.3 Å². The van der Waals surface area contributed by atoms with Gasteiger partial charge >= 0.3 is 0 Å². The Kier molecular flexibility index (Phi) is 9.92. The summed E-state index contributed by atoms with van der Waals surface area (Å²) >= 11 is 0. The Bertz CT molecular complexity index is 992. The first-order valence-electron chi connectivity index (χ1n) is 12.7. The number of anilines is 3. The quantitative estimate of drug-likeness (QED) is 0.241. The standard InChI is InChI=1S/C26H37F3N6O/c1-5-18(17(3)36)11-16(2)35(15-32-24-21(28)12-19(27)13-22(24)29)25-23(30-4)14-31-26(34-25)33-20-9-7-6-8-10-20/h12-14,16-18,20,32,36H,4-11,15H2,1-3H3,(H,31,33,34). The van der Waals surface area contributed by atoms with E-state index in [0.717, 1.165) is 32.1 Å². The highest BCUT2D eigenvalue weighted by Crippen LogP contribution is 2.32. The van der Waals surface area contributed by atoms with Crippen LogP contribution in [-0.2, 0) is 0 Å². The summed E-state index contributed by atoms with van der Waals surface area (Å²) in [6.07, 6.45) is 8.00. The zero-order valence-electron chi connectivity index (χ0n) is 21.3. The van der Waals surface area contributed by atoms with Crippen LogP contribution >= 0.6 is 0 Å². The van der Waals surface area contributed by atoms with Crippen LogP contribution in [0.3, 0.4) is 0 Å². The largest absolute Gasteiger partial charge is 0.393 e. The fraction of sp³-hybridized carbons (Fsp3) is 0.577. The molecule has 2 aromatic rings. The number of nitrogens with one attached hydrogen (secondary N) is 2. The Hall–Kier alpha value is -2.88. The van der Waals surface area contributed by atoms with Gasteiger partial charge in [0.05, 0.1) is 19.0 Å². The molecule has 0 saturated heterocycles. The summed E-state index contributed by atoms with van der Waals surface area (Å²) in [6.45, 7) is 9.30. The van der Waals surface area contributed by atoms with Gasteiger partial charge < -0.3 is 20.6 Å². The number of hydrogen-bond acceptors (Lipinski definition) is 7. The molecule has 1 aromatic heterocycles. The van der Waals surface area contributed by atoms with Crippen LogP contribution in [-0.4, -0.2) is 46.6 Å². The van der Waals surface area contributed by atoms with Crippen molar-refractivity contribution < 1.29 is 18.3 Å². The van der Waals surface area contributed by atoms with E-state index in [9.17, 15) is 18.3 Å². The number of hydrogen-bond donors (Lipinski definition) is 3. The Morgan fingerprint density at radius 3 is 2.42 bits per heavy atom. The second-order valence-electron chi connectivity index (χ2n) is 9.58. The van der Waals surface area contributed by atoms with Gasteiger partial charge in [0.2, 0.25) is 5.95 Å². The first-order chi connectivity index (χ1) is 17.2. The topological polar surface area (TPSA) is 85.7 Å². The molecule has 3 unspecified atom stereocenters. The number of aromatic nitrogens is 2. The maximum absolute atomic E-state index is 14.3. The molecule has 36 heavy (non-hydrogen) atoms. The molecule has 3 rings (SSSR count). The molecule has 3 N–H and O–H groups in total. The van der Waals surface area contributed by atoms with E-state index in [1.54, 1.807) is 13.1 Å². The van der Waals surface area contributed by atoms with E-state index in [1.165, 1.54) is 6.42 Å². The molecule has 0 radical (unpaired) electrons. The third-order valence-corrected chi connectivity index (χ3v) is 6.95. The van der Waals surface area contributed by atoms with Gasteiger partial charge in [-0.25, -0.2) is 18.2 Å². The molecule has 0 aliphatic heterocycles. The van der Waals surface area contributed by atoms with E-state index < -0.39 is 29.2 Å². The Balaban J connectivity index is 1.93. The molecule has 1 heterocycles. The molecule has 0 amide bonds. The smallest absolute Gasteiger partial charge is 0.224 e. The van der Waals surface area contributed by atoms with Gasteiger partial charge in [-0.2, -0.15) is 4.98 Å². The predicted octanol–water partition coefficient (Wildman–Crippen LogP) is 6.03. The molecule has 1 aliphatic rings. The number of aliphatic imine (C=N–C) groups is 1. The van der Waals surface area contributed by atoms with Crippen LogP contribution in [0.1, 0.15) is 65.7 Å². The lowest BCUT2D eigenvalue weighted by Crippen LogP contribution is -2.40. The van der Waals surface area contributed by atoms with Crippen LogP contribution in [0.25, 0.3) is 0 Å². The number of aliphatic hydroxyl groups excluding tert-OH is 1. The molecular formula is C26H37F3N6O. The van der Waals surface area contributed by atoms with Gasteiger partial charge in [-0.1, -0.05) is 32.6 Å². The molecule has 1 aromatic carbocycles. The lowest BCUT2D eigenvalue weighted by atomic mass is 9.92. The normalized spacial score (nSPS) is 16.8. The Labute approximate surface area is 211 Å². The van der Waals surface area contributed by atoms with Crippen LogP contribution in [0.2, 0.25) is 0 Å². The molecule has 1 saturated carbocycles. The second kappa shape index (κ2) is 12.9. The number of benzene rings is 1. The van der Waals surface area contributed by atoms with E-state index in [2.05, 4.69) is 27.3 Å². The zero-order valence-corrected chi connectivity index (χ0v) is 21.3. The van der Waals surface area contributed by atoms with Crippen LogP contribution in [0.4, 0.5) is 36.3 Å². The maximum atomic E-state index is 14.3. The summed E-state index contributed by atoms with van der Waals surface area (Å²) < 4.78 is 42.1. The number of halogens is 3. The van der Waals surface area contributed by atoms with E-state index >= 15 is 0 Å². The van der Waals surface area contributed by atoms with E-state index in [4.69, 9.17) is 4.98 Å². The van der Waals surface area contributed by atoms with Crippen LogP contribution in [0, 0.1) is 23.4 Å². The van der Waals surface area contributed by atoms with Crippen molar-refractivity contribution in [3.63, 3.8) is 0 Å². The summed E-state index contributed by atoms with van der Waals surface area (Å²) in [5.74, 6) is -2.15. The minimum absolute atomic E-state index is 0.00334. The van der Waals surface area contributed by atoms with Crippen molar-refractivity contribution in [3.8, 4) is 0 Å². The van der Waals surface area contributed by atoms with Gasteiger partial charge in [-0.15, -0.1) is 0 Å². The zero-order chi connectivity index (χ0) is 26.2. The average Bonchev–Trinajstić information content (AvgIpc) is 2.84. The van der Waals surface area contributed by atoms with Gasteiger partial charge in [-0.3, -0.25) is 4.99 Å². The summed E-state index contributed by atoms with van der Waals surface area (Å²) in [4.78, 5) is 15.0. The van der Waals surface area contributed by atoms with Crippen molar-refractivity contribution in [2.75, 3.05) is 22.2 Å². The highest BCUT2D eigenvalue weighted by molar-refractivity contribution is 5.66. The van der Waals surface area contributed by atoms with Gasteiger partial charge in [-0.05, 0) is 45.7 Å². The molecule has 7 nitrogen and oxygen atoms in total. The first-order valence-corrected chi connectivity index (χ1v) is 12.7. The van der Waals surface area contributed by atoms with Gasteiger partial charge in [0.1, 0.15) is 17.2 Å². The van der Waals surface area contributed by atoms with Gasteiger partial charge in [0.25, 0.3) is 0 Å². The van der Waals surface area contributed by atoms with Crippen molar-refractivity contribution in [1.29, 1.82) is 0 Å². The summed E-state index contributed by atoms with van der Waals surface area (Å²) in [5, 5.41) is 16.4. The van der Waals surface area contributed by atoms with Crippen molar-refractivity contribution in [3.05, 3.63) is 35.8 Å². The second-order valence-corrected chi connectivity index (χ2v) is 9.58. The molecule has 198 valence electrons. The van der Waals surface area contributed by atoms with E-state index in [0.29, 0.717) is 36.0 Å². The average molecular weight is 507 g/mol. The SMILES string of the molecule is C=Nc1cnc(NC2CCCCC2)nc1N(CNc1c(F)cc(F)cc1F)C(C)CC(CC)C(C)O. The lowest BCUT2D eigenvalue weighted by molar-refractivity contribution is 0.113. The lowest BCUT2D eigenvalue weighted by Gasteiger charge is -2.34. The van der Waals surface area contributed by atoms with Crippen molar-refractivity contribution >= 4 is 29.9 Å². The van der Waals surface area contributed by atoms with Gasteiger partial charge in [0.15, 0.2) is 17.5 Å². The predicted molar refractivity (Wildman–Crippen MR) is 139 cm³/mol. The molecule has 1 fully saturated rings. The minimum atomic E-state index is -1.03. The number of rotatable bonds is 12.